The number of benzene rings is 1. The molecule has 0 atom stereocenters. The molecule has 1 amide bonds. The van der Waals surface area contributed by atoms with Gasteiger partial charge in [0.05, 0.1) is 0 Å². The number of nitrogens with zero attached hydrogens (tertiary/aromatic N) is 1. The average molecular weight is 294 g/mol. The molecule has 1 N–H and O–H groups in total. The van der Waals surface area contributed by atoms with Gasteiger partial charge in [-0.2, -0.15) is 0 Å². The molecule has 6 heteroatoms. The molecule has 0 saturated heterocycles. The molecule has 110 valence electrons. The van der Waals surface area contributed by atoms with Gasteiger partial charge in [0.25, 0.3) is 5.91 Å². The van der Waals surface area contributed by atoms with Crippen LogP contribution < -0.4 is 5.32 Å². The first kappa shape index (κ1) is 13.7. The Balaban J connectivity index is 1.91. The van der Waals surface area contributed by atoms with Crippen molar-refractivity contribution < 1.29 is 18.0 Å². The van der Waals surface area contributed by atoms with Gasteiger partial charge in [-0.3, -0.25) is 4.79 Å². The van der Waals surface area contributed by atoms with Gasteiger partial charge in [-0.15, -0.1) is 0 Å². The van der Waals surface area contributed by atoms with E-state index < -0.39 is 23.4 Å². The van der Waals surface area contributed by atoms with Crippen molar-refractivity contribution in [2.75, 3.05) is 5.32 Å². The van der Waals surface area contributed by atoms with Crippen molar-refractivity contribution in [3.63, 3.8) is 0 Å². The van der Waals surface area contributed by atoms with Gasteiger partial charge < -0.3 is 9.88 Å². The SMILES string of the molecule is Cc1cc2n(c1C(=O)Nc1cc(F)c(F)c(F)c1)CCC2. The van der Waals surface area contributed by atoms with Gasteiger partial charge in [-0.1, -0.05) is 0 Å². The lowest BCUT2D eigenvalue weighted by atomic mass is 10.2. The van der Waals surface area contributed by atoms with Gasteiger partial charge in [-0.25, -0.2) is 13.2 Å². The number of fused-ring (bicyclic) bond motifs is 1. The zero-order valence-electron chi connectivity index (χ0n) is 11.3. The van der Waals surface area contributed by atoms with Crippen molar-refractivity contribution in [1.29, 1.82) is 0 Å². The maximum Gasteiger partial charge on any atom is 0.272 e. The molecule has 0 saturated carbocycles. The minimum atomic E-state index is -1.55. The number of carbonyl (C=O) groups is 1. The number of halogens is 3. The van der Waals surface area contributed by atoms with Crippen molar-refractivity contribution in [3.05, 3.63) is 52.6 Å². The molecule has 1 aliphatic rings. The van der Waals surface area contributed by atoms with Crippen molar-refractivity contribution in [1.82, 2.24) is 4.57 Å². The zero-order chi connectivity index (χ0) is 15.1. The molecule has 0 aliphatic carbocycles. The standard InChI is InChI=1S/C15H13F3N2O/c1-8-5-10-3-2-4-20(10)14(8)15(21)19-9-6-11(16)13(18)12(17)7-9/h5-7H,2-4H2,1H3,(H,19,21). The molecule has 2 heterocycles. The van der Waals surface area contributed by atoms with Crippen LogP contribution in [0.4, 0.5) is 18.9 Å². The maximum absolute atomic E-state index is 13.2. The Labute approximate surface area is 119 Å². The van der Waals surface area contributed by atoms with Crippen molar-refractivity contribution >= 4 is 11.6 Å². The van der Waals surface area contributed by atoms with Gasteiger partial charge >= 0.3 is 0 Å². The molecule has 0 fully saturated rings. The fourth-order valence-electron chi connectivity index (χ4n) is 2.75. The number of carbonyl (C=O) groups excluding carboxylic acids is 1. The van der Waals surface area contributed by atoms with Crippen LogP contribution in [-0.4, -0.2) is 10.5 Å². The van der Waals surface area contributed by atoms with Crippen LogP contribution in [0.25, 0.3) is 0 Å². The lowest BCUT2D eigenvalue weighted by molar-refractivity contribution is 0.101. The monoisotopic (exact) mass is 294 g/mol. The fraction of sp³-hybridized carbons (Fsp3) is 0.267. The first-order chi connectivity index (χ1) is 9.97. The van der Waals surface area contributed by atoms with E-state index in [1.807, 2.05) is 17.6 Å². The first-order valence-corrected chi connectivity index (χ1v) is 6.62. The van der Waals surface area contributed by atoms with E-state index in [1.54, 1.807) is 0 Å². The Kier molecular flexibility index (Phi) is 3.23. The number of amides is 1. The fourth-order valence-corrected chi connectivity index (χ4v) is 2.75. The molecule has 1 aliphatic heterocycles. The topological polar surface area (TPSA) is 34.0 Å². The minimum Gasteiger partial charge on any atom is -0.340 e. The van der Waals surface area contributed by atoms with Gasteiger partial charge in [0, 0.05) is 30.1 Å². The van der Waals surface area contributed by atoms with Crippen LogP contribution in [0.5, 0.6) is 0 Å². The Morgan fingerprint density at radius 2 is 1.86 bits per heavy atom. The highest BCUT2D eigenvalue weighted by atomic mass is 19.2. The third kappa shape index (κ3) is 2.30. The molecular formula is C15H13F3N2O. The number of rotatable bonds is 2. The summed E-state index contributed by atoms with van der Waals surface area (Å²) in [5, 5.41) is 2.42. The van der Waals surface area contributed by atoms with E-state index in [1.165, 1.54) is 0 Å². The van der Waals surface area contributed by atoms with Crippen LogP contribution in [0, 0.1) is 24.4 Å². The summed E-state index contributed by atoms with van der Waals surface area (Å²) in [6.07, 6.45) is 1.88. The number of anilines is 1. The highest BCUT2D eigenvalue weighted by molar-refractivity contribution is 6.04. The molecule has 3 rings (SSSR count). The molecule has 0 unspecified atom stereocenters. The molecule has 0 bridgehead atoms. The van der Waals surface area contributed by atoms with Crippen LogP contribution in [0.3, 0.4) is 0 Å². The Hall–Kier alpha value is -2.24. The van der Waals surface area contributed by atoms with E-state index in [0.29, 0.717) is 5.69 Å². The third-order valence-electron chi connectivity index (χ3n) is 3.64. The maximum atomic E-state index is 13.2. The number of aromatic nitrogens is 1. The average Bonchev–Trinajstić information content (AvgIpc) is 2.95. The summed E-state index contributed by atoms with van der Waals surface area (Å²) in [6.45, 7) is 2.56. The predicted octanol–water partition coefficient (Wildman–Crippen LogP) is 3.41. The molecule has 3 nitrogen and oxygen atoms in total. The Morgan fingerprint density at radius 3 is 2.52 bits per heavy atom. The largest absolute Gasteiger partial charge is 0.340 e. The second-order valence-electron chi connectivity index (χ2n) is 5.13. The van der Waals surface area contributed by atoms with E-state index in [4.69, 9.17) is 0 Å². The molecule has 1 aromatic carbocycles. The summed E-state index contributed by atoms with van der Waals surface area (Å²) in [7, 11) is 0. The molecule has 0 spiro atoms. The van der Waals surface area contributed by atoms with Crippen molar-refractivity contribution in [2.24, 2.45) is 0 Å². The van der Waals surface area contributed by atoms with E-state index in [0.717, 1.165) is 42.8 Å². The lowest BCUT2D eigenvalue weighted by Crippen LogP contribution is -2.18. The Morgan fingerprint density at radius 1 is 1.19 bits per heavy atom. The summed E-state index contributed by atoms with van der Waals surface area (Å²) in [5.41, 5.74) is 2.26. The Bertz CT molecular complexity index is 714. The van der Waals surface area contributed by atoms with E-state index >= 15 is 0 Å². The van der Waals surface area contributed by atoms with Gasteiger partial charge in [0.15, 0.2) is 17.5 Å². The van der Waals surface area contributed by atoms with Crippen molar-refractivity contribution in [3.8, 4) is 0 Å². The summed E-state index contributed by atoms with van der Waals surface area (Å²) in [6, 6.07) is 3.46. The number of aryl methyl sites for hydroxylation is 2. The second kappa shape index (κ2) is 4.95. The number of nitrogens with one attached hydrogen (secondary N) is 1. The molecule has 0 radical (unpaired) electrons. The van der Waals surface area contributed by atoms with Gasteiger partial charge in [-0.05, 0) is 31.4 Å². The van der Waals surface area contributed by atoms with Crippen LogP contribution >= 0.6 is 0 Å². The minimum absolute atomic E-state index is 0.107. The normalized spacial score (nSPS) is 13.3. The van der Waals surface area contributed by atoms with Crippen molar-refractivity contribution in [2.45, 2.75) is 26.3 Å². The smallest absolute Gasteiger partial charge is 0.272 e. The third-order valence-corrected chi connectivity index (χ3v) is 3.64. The predicted molar refractivity (Wildman–Crippen MR) is 71.8 cm³/mol. The van der Waals surface area contributed by atoms with E-state index in [2.05, 4.69) is 5.32 Å². The number of hydrogen-bond acceptors (Lipinski definition) is 1. The van der Waals surface area contributed by atoms with Crippen LogP contribution in [-0.2, 0) is 13.0 Å². The summed E-state index contributed by atoms with van der Waals surface area (Å²) < 4.78 is 41.1. The summed E-state index contributed by atoms with van der Waals surface area (Å²) in [5.74, 6) is -4.66. The molecule has 1 aromatic heterocycles. The summed E-state index contributed by atoms with van der Waals surface area (Å²) in [4.78, 5) is 12.3. The van der Waals surface area contributed by atoms with Crippen LogP contribution in [0.15, 0.2) is 18.2 Å². The van der Waals surface area contributed by atoms with Gasteiger partial charge in [0.2, 0.25) is 0 Å². The van der Waals surface area contributed by atoms with E-state index in [9.17, 15) is 18.0 Å². The highest BCUT2D eigenvalue weighted by Gasteiger charge is 2.22. The van der Waals surface area contributed by atoms with E-state index in [-0.39, 0.29) is 5.69 Å². The molecule has 21 heavy (non-hydrogen) atoms. The first-order valence-electron chi connectivity index (χ1n) is 6.62. The second-order valence-corrected chi connectivity index (χ2v) is 5.13. The molecular weight excluding hydrogens is 281 g/mol. The zero-order valence-corrected chi connectivity index (χ0v) is 11.3. The highest BCUT2D eigenvalue weighted by Crippen LogP contribution is 2.24. The molecule has 2 aromatic rings. The van der Waals surface area contributed by atoms with Crippen LogP contribution in [0.2, 0.25) is 0 Å². The van der Waals surface area contributed by atoms with Crippen LogP contribution in [0.1, 0.15) is 28.2 Å². The lowest BCUT2D eigenvalue weighted by Gasteiger charge is -2.09. The summed E-state index contributed by atoms with van der Waals surface area (Å²) >= 11 is 0. The number of hydrogen-bond donors (Lipinski definition) is 1. The quantitative estimate of drug-likeness (QED) is 0.846. The van der Waals surface area contributed by atoms with Gasteiger partial charge in [0.1, 0.15) is 5.69 Å².